The lowest BCUT2D eigenvalue weighted by molar-refractivity contribution is -0.384. The van der Waals surface area contributed by atoms with Gasteiger partial charge in [-0.1, -0.05) is 48.5 Å². The van der Waals surface area contributed by atoms with E-state index in [0.29, 0.717) is 11.1 Å². The quantitative estimate of drug-likeness (QED) is 0.226. The maximum atomic E-state index is 13.1. The van der Waals surface area contributed by atoms with Crippen LogP contribution in [0, 0.1) is 10.1 Å². The van der Waals surface area contributed by atoms with Crippen LogP contribution in [0.4, 0.5) is 5.69 Å². The number of non-ortho nitro benzene ring substituents is 1. The molecule has 3 amide bonds. The zero-order valence-electron chi connectivity index (χ0n) is 19.9. The largest absolute Gasteiger partial charge is 0.496 e. The van der Waals surface area contributed by atoms with E-state index < -0.39 is 40.8 Å². The number of aliphatic hydroxyl groups is 1. The number of carbonyl (C=O) groups excluding carboxylic acids is 3. The zero-order chi connectivity index (χ0) is 26.9. The predicted molar refractivity (Wildman–Crippen MR) is 134 cm³/mol. The number of amides is 3. The Morgan fingerprint density at radius 3 is 2.19 bits per heavy atom. The summed E-state index contributed by atoms with van der Waals surface area (Å²) >= 11 is 0. The third kappa shape index (κ3) is 6.89. The van der Waals surface area contributed by atoms with E-state index in [1.807, 2.05) is 0 Å². The molecule has 0 aliphatic rings. The van der Waals surface area contributed by atoms with Crippen LogP contribution < -0.4 is 21.1 Å². The van der Waals surface area contributed by atoms with Crippen molar-refractivity contribution < 1.29 is 29.2 Å². The van der Waals surface area contributed by atoms with Gasteiger partial charge in [-0.3, -0.25) is 24.5 Å². The van der Waals surface area contributed by atoms with Gasteiger partial charge < -0.3 is 26.2 Å². The van der Waals surface area contributed by atoms with Crippen molar-refractivity contribution in [3.8, 4) is 5.75 Å². The Balaban J connectivity index is 1.83. The van der Waals surface area contributed by atoms with Gasteiger partial charge in [-0.2, -0.15) is 0 Å². The summed E-state index contributed by atoms with van der Waals surface area (Å²) < 4.78 is 5.21. The Morgan fingerprint density at radius 2 is 1.62 bits per heavy atom. The monoisotopic (exact) mass is 506 g/mol. The van der Waals surface area contributed by atoms with Gasteiger partial charge in [0.2, 0.25) is 5.91 Å². The first-order valence-corrected chi connectivity index (χ1v) is 11.2. The van der Waals surface area contributed by atoms with Crippen LogP contribution in [0.3, 0.4) is 0 Å². The molecule has 0 saturated heterocycles. The van der Waals surface area contributed by atoms with Gasteiger partial charge >= 0.3 is 0 Å². The van der Waals surface area contributed by atoms with Crippen LogP contribution in [0.2, 0.25) is 0 Å². The Kier molecular flexibility index (Phi) is 8.90. The molecule has 5 N–H and O–H groups in total. The fourth-order valence-corrected chi connectivity index (χ4v) is 3.71. The van der Waals surface area contributed by atoms with E-state index in [1.54, 1.807) is 60.7 Å². The van der Waals surface area contributed by atoms with Gasteiger partial charge in [-0.15, -0.1) is 0 Å². The van der Waals surface area contributed by atoms with Gasteiger partial charge in [0, 0.05) is 29.7 Å². The number of methoxy groups -OCH3 is 1. The summed E-state index contributed by atoms with van der Waals surface area (Å²) in [4.78, 5) is 48.6. The van der Waals surface area contributed by atoms with Crippen LogP contribution in [-0.2, 0) is 16.0 Å². The highest BCUT2D eigenvalue weighted by molar-refractivity contribution is 5.95. The lowest BCUT2D eigenvalue weighted by atomic mass is 9.98. The standard InChI is InChI=1S/C26H26N4O7/c1-37-21-13-12-19(30(35)36)14-18(21)15-20(24(27)32)28-26(34)23(31)22(16-8-4-2-5-9-16)29-25(33)17-10-6-3-7-11-17/h2-14,20,22-23,31H,15H2,1H3,(H2,27,32)(H,28,34)(H,29,33)/t20-,22+,23-/m1/s1. The van der Waals surface area contributed by atoms with E-state index in [1.165, 1.54) is 25.3 Å². The second-order valence-corrected chi connectivity index (χ2v) is 8.09. The number of carbonyl (C=O) groups is 3. The number of ether oxygens (including phenoxy) is 1. The molecule has 0 unspecified atom stereocenters. The van der Waals surface area contributed by atoms with Crippen molar-refractivity contribution in [2.45, 2.75) is 24.6 Å². The molecular formula is C26H26N4O7. The average molecular weight is 507 g/mol. The summed E-state index contributed by atoms with van der Waals surface area (Å²) in [6, 6.07) is 18.0. The number of nitrogens with one attached hydrogen (secondary N) is 2. The number of nitrogens with zero attached hydrogens (tertiary/aromatic N) is 1. The number of nitro groups is 1. The molecule has 3 rings (SSSR count). The van der Waals surface area contributed by atoms with Crippen molar-refractivity contribution in [2.24, 2.45) is 5.73 Å². The molecule has 3 atom stereocenters. The Morgan fingerprint density at radius 1 is 1.00 bits per heavy atom. The molecular weight excluding hydrogens is 480 g/mol. The van der Waals surface area contributed by atoms with Crippen LogP contribution in [0.1, 0.15) is 27.5 Å². The fraction of sp³-hybridized carbons (Fsp3) is 0.192. The summed E-state index contributed by atoms with van der Waals surface area (Å²) in [6.07, 6.45) is -2.03. The average Bonchev–Trinajstić information content (AvgIpc) is 2.91. The normalized spacial score (nSPS) is 13.0. The van der Waals surface area contributed by atoms with E-state index >= 15 is 0 Å². The second-order valence-electron chi connectivity index (χ2n) is 8.09. The van der Waals surface area contributed by atoms with Crippen LogP contribution in [0.15, 0.2) is 78.9 Å². The minimum absolute atomic E-state index is 0.231. The summed E-state index contributed by atoms with van der Waals surface area (Å²) in [7, 11) is 1.35. The van der Waals surface area contributed by atoms with Crippen LogP contribution >= 0.6 is 0 Å². The maximum Gasteiger partial charge on any atom is 0.269 e. The number of hydrogen-bond acceptors (Lipinski definition) is 7. The first kappa shape index (κ1) is 26.8. The highest BCUT2D eigenvalue weighted by atomic mass is 16.6. The highest BCUT2D eigenvalue weighted by Crippen LogP contribution is 2.25. The number of primary amides is 1. The highest BCUT2D eigenvalue weighted by Gasteiger charge is 2.32. The molecule has 0 aliphatic heterocycles. The number of hydrogen-bond donors (Lipinski definition) is 4. The van der Waals surface area contributed by atoms with Gasteiger partial charge in [0.15, 0.2) is 6.10 Å². The van der Waals surface area contributed by atoms with Gasteiger partial charge in [0.25, 0.3) is 17.5 Å². The molecule has 37 heavy (non-hydrogen) atoms. The molecule has 0 bridgehead atoms. The molecule has 0 aromatic heterocycles. The first-order valence-electron chi connectivity index (χ1n) is 11.2. The van der Waals surface area contributed by atoms with Gasteiger partial charge in [0.05, 0.1) is 18.1 Å². The molecule has 0 fully saturated rings. The van der Waals surface area contributed by atoms with Crippen molar-refractivity contribution in [1.29, 1.82) is 0 Å². The fourth-order valence-electron chi connectivity index (χ4n) is 3.71. The van der Waals surface area contributed by atoms with Gasteiger partial charge in [-0.25, -0.2) is 0 Å². The zero-order valence-corrected chi connectivity index (χ0v) is 19.9. The molecule has 0 radical (unpaired) electrons. The Bertz CT molecular complexity index is 1270. The maximum absolute atomic E-state index is 13.1. The Hall–Kier alpha value is -4.77. The number of benzene rings is 3. The molecule has 3 aromatic rings. The Labute approximate surface area is 212 Å². The van der Waals surface area contributed by atoms with Crippen LogP contribution in [0.5, 0.6) is 5.75 Å². The van der Waals surface area contributed by atoms with E-state index in [9.17, 15) is 29.6 Å². The lowest BCUT2D eigenvalue weighted by Crippen LogP contribution is -2.52. The van der Waals surface area contributed by atoms with Crippen LogP contribution in [-0.4, -0.2) is 47.0 Å². The number of rotatable bonds is 11. The van der Waals surface area contributed by atoms with E-state index in [2.05, 4.69) is 10.6 Å². The van der Waals surface area contributed by atoms with E-state index in [0.717, 1.165) is 0 Å². The summed E-state index contributed by atoms with van der Waals surface area (Å²) in [5.41, 5.74) is 6.28. The van der Waals surface area contributed by atoms with Crippen molar-refractivity contribution in [1.82, 2.24) is 10.6 Å². The molecule has 0 spiro atoms. The van der Waals surface area contributed by atoms with Crippen molar-refractivity contribution in [3.63, 3.8) is 0 Å². The molecule has 0 saturated carbocycles. The third-order valence-corrected chi connectivity index (χ3v) is 5.62. The third-order valence-electron chi connectivity index (χ3n) is 5.62. The first-order chi connectivity index (χ1) is 17.7. The summed E-state index contributed by atoms with van der Waals surface area (Å²) in [5, 5.41) is 27.2. The molecule has 11 nitrogen and oxygen atoms in total. The van der Waals surface area contributed by atoms with Crippen molar-refractivity contribution in [2.75, 3.05) is 7.11 Å². The van der Waals surface area contributed by atoms with Crippen molar-refractivity contribution >= 4 is 23.4 Å². The van der Waals surface area contributed by atoms with E-state index in [4.69, 9.17) is 10.5 Å². The van der Waals surface area contributed by atoms with Gasteiger partial charge in [-0.05, 0) is 23.8 Å². The number of aliphatic hydroxyl groups excluding tert-OH is 1. The minimum Gasteiger partial charge on any atom is -0.496 e. The van der Waals surface area contributed by atoms with Crippen LogP contribution in [0.25, 0.3) is 0 Å². The number of nitro benzene ring substituents is 1. The predicted octanol–water partition coefficient (Wildman–Crippen LogP) is 1.65. The molecule has 11 heteroatoms. The van der Waals surface area contributed by atoms with Gasteiger partial charge in [0.1, 0.15) is 11.8 Å². The summed E-state index contributed by atoms with van der Waals surface area (Å²) in [5.74, 6) is -2.17. The summed E-state index contributed by atoms with van der Waals surface area (Å²) in [6.45, 7) is 0. The topological polar surface area (TPSA) is 174 Å². The molecule has 192 valence electrons. The smallest absolute Gasteiger partial charge is 0.269 e. The second kappa shape index (κ2) is 12.3. The molecule has 0 heterocycles. The lowest BCUT2D eigenvalue weighted by Gasteiger charge is -2.26. The molecule has 3 aromatic carbocycles. The molecule has 0 aliphatic carbocycles. The van der Waals surface area contributed by atoms with Crippen molar-refractivity contribution in [3.05, 3.63) is 106 Å². The minimum atomic E-state index is -1.80. The van der Waals surface area contributed by atoms with E-state index in [-0.39, 0.29) is 23.4 Å². The SMILES string of the molecule is COc1ccc([N+](=O)[O-])cc1C[C@@H](NC(=O)[C@H](O)[C@@H](NC(=O)c1ccccc1)c1ccccc1)C(N)=O. The number of nitrogens with two attached hydrogens (primary N) is 1.